The molecule has 2 heterocycles. The Kier molecular flexibility index (Phi) is 6.18. The fourth-order valence-electron chi connectivity index (χ4n) is 2.65. The highest BCUT2D eigenvalue weighted by Gasteiger charge is 2.17. The number of pyridine rings is 1. The highest BCUT2D eigenvalue weighted by atomic mass is 127. The summed E-state index contributed by atoms with van der Waals surface area (Å²) in [7, 11) is 1.66. The lowest BCUT2D eigenvalue weighted by Crippen LogP contribution is -2.09. The zero-order chi connectivity index (χ0) is 18.7. The first-order valence-corrected chi connectivity index (χ1v) is 10.8. The van der Waals surface area contributed by atoms with Gasteiger partial charge in [-0.15, -0.1) is 11.3 Å². The Hall–Kier alpha value is -1.61. The standard InChI is InChI=1S/C19H22IN3O2S/c1-5-25-16-9-15(22-14-8-12(24-4)6-7-13(14)16)18-17(10-20)26-19(23-18)21-11(2)3/h6-9,11H,5,10H2,1-4H3,(H,21,23). The van der Waals surface area contributed by atoms with Crippen molar-refractivity contribution in [2.24, 2.45) is 0 Å². The predicted octanol–water partition coefficient (Wildman–Crippen LogP) is 5.52. The molecule has 0 saturated carbocycles. The van der Waals surface area contributed by atoms with Gasteiger partial charge < -0.3 is 14.8 Å². The van der Waals surface area contributed by atoms with Gasteiger partial charge in [0.05, 0.1) is 24.9 Å². The topological polar surface area (TPSA) is 56.3 Å². The molecule has 0 bridgehead atoms. The molecule has 0 amide bonds. The number of aromatic nitrogens is 2. The number of halogens is 1. The molecule has 5 nitrogen and oxygen atoms in total. The largest absolute Gasteiger partial charge is 0.497 e. The average Bonchev–Trinajstić information content (AvgIpc) is 3.03. The SMILES string of the molecule is CCOc1cc(-c2nc(NC(C)C)sc2CI)nc2cc(OC)ccc12. The van der Waals surface area contributed by atoms with Crippen LogP contribution < -0.4 is 14.8 Å². The minimum atomic E-state index is 0.337. The Morgan fingerprint density at radius 3 is 2.69 bits per heavy atom. The molecule has 0 radical (unpaired) electrons. The number of alkyl halides is 1. The summed E-state index contributed by atoms with van der Waals surface area (Å²) >= 11 is 4.05. The van der Waals surface area contributed by atoms with E-state index in [-0.39, 0.29) is 0 Å². The van der Waals surface area contributed by atoms with Gasteiger partial charge in [-0.3, -0.25) is 0 Å². The normalized spacial score (nSPS) is 11.2. The number of benzene rings is 1. The third-order valence-corrected chi connectivity index (χ3v) is 6.02. The van der Waals surface area contributed by atoms with E-state index in [2.05, 4.69) is 41.8 Å². The number of methoxy groups -OCH3 is 1. The number of nitrogens with one attached hydrogen (secondary N) is 1. The summed E-state index contributed by atoms with van der Waals surface area (Å²) in [5, 5.41) is 5.29. The van der Waals surface area contributed by atoms with Gasteiger partial charge >= 0.3 is 0 Å². The van der Waals surface area contributed by atoms with Crippen molar-refractivity contribution in [3.8, 4) is 22.9 Å². The van der Waals surface area contributed by atoms with E-state index >= 15 is 0 Å². The molecule has 7 heteroatoms. The molecule has 26 heavy (non-hydrogen) atoms. The highest BCUT2D eigenvalue weighted by Crippen LogP contribution is 2.36. The van der Waals surface area contributed by atoms with Crippen molar-refractivity contribution in [2.45, 2.75) is 31.2 Å². The first kappa shape index (κ1) is 19.2. The molecular formula is C19H22IN3O2S. The number of rotatable bonds is 7. The molecule has 0 unspecified atom stereocenters. The fraction of sp³-hybridized carbons (Fsp3) is 0.368. The Morgan fingerprint density at radius 2 is 2.04 bits per heavy atom. The maximum absolute atomic E-state index is 5.88. The summed E-state index contributed by atoms with van der Waals surface area (Å²) < 4.78 is 12.1. The second-order valence-electron chi connectivity index (χ2n) is 6.05. The van der Waals surface area contributed by atoms with Gasteiger partial charge in [-0.25, -0.2) is 9.97 Å². The van der Waals surface area contributed by atoms with Gasteiger partial charge in [0.2, 0.25) is 0 Å². The highest BCUT2D eigenvalue weighted by molar-refractivity contribution is 14.1. The van der Waals surface area contributed by atoms with Crippen LogP contribution in [0.2, 0.25) is 0 Å². The number of hydrogen-bond acceptors (Lipinski definition) is 6. The van der Waals surface area contributed by atoms with Crippen molar-refractivity contribution in [1.82, 2.24) is 9.97 Å². The summed E-state index contributed by atoms with van der Waals surface area (Å²) in [6.07, 6.45) is 0. The van der Waals surface area contributed by atoms with E-state index in [1.165, 1.54) is 4.88 Å². The van der Waals surface area contributed by atoms with Gasteiger partial charge in [0.25, 0.3) is 0 Å². The molecule has 0 aliphatic heterocycles. The van der Waals surface area contributed by atoms with Crippen LogP contribution in [0.3, 0.4) is 0 Å². The molecule has 1 aromatic carbocycles. The second kappa shape index (κ2) is 8.39. The number of thiazole rings is 1. The first-order chi connectivity index (χ1) is 12.5. The van der Waals surface area contributed by atoms with Gasteiger partial charge in [0.15, 0.2) is 5.13 Å². The van der Waals surface area contributed by atoms with Gasteiger partial charge in [-0.05, 0) is 32.9 Å². The van der Waals surface area contributed by atoms with E-state index in [1.807, 2.05) is 31.2 Å². The maximum Gasteiger partial charge on any atom is 0.183 e. The molecule has 0 saturated heterocycles. The number of nitrogens with zero attached hydrogens (tertiary/aromatic N) is 2. The number of hydrogen-bond donors (Lipinski definition) is 1. The molecule has 1 N–H and O–H groups in total. The summed E-state index contributed by atoms with van der Waals surface area (Å²) in [5.41, 5.74) is 2.59. The molecule has 3 aromatic rings. The molecule has 0 aliphatic carbocycles. The predicted molar refractivity (Wildman–Crippen MR) is 117 cm³/mol. The summed E-state index contributed by atoms with van der Waals surface area (Å²) in [4.78, 5) is 10.8. The van der Waals surface area contributed by atoms with Crippen molar-refractivity contribution < 1.29 is 9.47 Å². The van der Waals surface area contributed by atoms with Crippen molar-refractivity contribution in [2.75, 3.05) is 19.0 Å². The second-order valence-corrected chi connectivity index (χ2v) is 7.89. The van der Waals surface area contributed by atoms with Crippen LogP contribution in [0, 0.1) is 0 Å². The van der Waals surface area contributed by atoms with Crippen LogP contribution in [0.15, 0.2) is 24.3 Å². The van der Waals surface area contributed by atoms with Crippen LogP contribution in [0.5, 0.6) is 11.5 Å². The molecule has 0 spiro atoms. The van der Waals surface area contributed by atoms with E-state index in [9.17, 15) is 0 Å². The number of ether oxygens (including phenoxy) is 2. The van der Waals surface area contributed by atoms with Crippen LogP contribution in [-0.4, -0.2) is 29.7 Å². The zero-order valence-corrected chi connectivity index (χ0v) is 18.3. The molecule has 0 fully saturated rings. The third-order valence-electron chi connectivity index (χ3n) is 3.75. The smallest absolute Gasteiger partial charge is 0.183 e. The first-order valence-electron chi connectivity index (χ1n) is 8.49. The van der Waals surface area contributed by atoms with Gasteiger partial charge in [-0.1, -0.05) is 22.6 Å². The summed E-state index contributed by atoms with van der Waals surface area (Å²) in [5.74, 6) is 1.60. The van der Waals surface area contributed by atoms with Crippen molar-refractivity contribution in [3.05, 3.63) is 29.1 Å². The molecule has 0 atom stereocenters. The summed E-state index contributed by atoms with van der Waals surface area (Å²) in [6, 6.07) is 8.18. The lowest BCUT2D eigenvalue weighted by molar-refractivity contribution is 0.344. The van der Waals surface area contributed by atoms with Gasteiger partial charge in [0.1, 0.15) is 17.2 Å². The Bertz CT molecular complexity index is 911. The third kappa shape index (κ3) is 4.03. The maximum atomic E-state index is 5.88. The van der Waals surface area contributed by atoms with E-state index in [4.69, 9.17) is 19.4 Å². The van der Waals surface area contributed by atoms with Crippen molar-refractivity contribution >= 4 is 50.0 Å². The molecule has 138 valence electrons. The monoisotopic (exact) mass is 483 g/mol. The Labute approximate surface area is 171 Å². The fourth-order valence-corrected chi connectivity index (χ4v) is 4.45. The Morgan fingerprint density at radius 1 is 1.23 bits per heavy atom. The van der Waals surface area contributed by atoms with Crippen LogP contribution in [-0.2, 0) is 4.43 Å². The minimum Gasteiger partial charge on any atom is -0.497 e. The van der Waals surface area contributed by atoms with E-state index < -0.39 is 0 Å². The van der Waals surface area contributed by atoms with E-state index in [1.54, 1.807) is 18.4 Å². The average molecular weight is 483 g/mol. The molecule has 2 aromatic heterocycles. The van der Waals surface area contributed by atoms with E-state index in [0.29, 0.717) is 12.6 Å². The van der Waals surface area contributed by atoms with Crippen molar-refractivity contribution in [3.63, 3.8) is 0 Å². The zero-order valence-electron chi connectivity index (χ0n) is 15.3. The van der Waals surface area contributed by atoms with Crippen molar-refractivity contribution in [1.29, 1.82) is 0 Å². The van der Waals surface area contributed by atoms with Crippen LogP contribution in [0.25, 0.3) is 22.3 Å². The minimum absolute atomic E-state index is 0.337. The lowest BCUT2D eigenvalue weighted by atomic mass is 10.1. The number of fused-ring (bicyclic) bond motifs is 1. The Balaban J connectivity index is 2.16. The number of anilines is 1. The van der Waals surface area contributed by atoms with Gasteiger partial charge in [0, 0.05) is 32.9 Å². The van der Waals surface area contributed by atoms with Gasteiger partial charge in [-0.2, -0.15) is 0 Å². The summed E-state index contributed by atoms with van der Waals surface area (Å²) in [6.45, 7) is 6.80. The molecular weight excluding hydrogens is 461 g/mol. The quantitative estimate of drug-likeness (QED) is 0.354. The lowest BCUT2D eigenvalue weighted by Gasteiger charge is -2.11. The molecule has 3 rings (SSSR count). The van der Waals surface area contributed by atoms with Crippen LogP contribution in [0.4, 0.5) is 5.13 Å². The molecule has 0 aliphatic rings. The van der Waals surface area contributed by atoms with E-state index in [0.717, 1.165) is 43.3 Å². The van der Waals surface area contributed by atoms with Crippen LogP contribution in [0.1, 0.15) is 25.6 Å². The van der Waals surface area contributed by atoms with Crippen LogP contribution >= 0.6 is 33.9 Å².